The van der Waals surface area contributed by atoms with Gasteiger partial charge in [-0.05, 0) is 41.9 Å². The van der Waals surface area contributed by atoms with Gasteiger partial charge in [-0.2, -0.15) is 13.2 Å². The van der Waals surface area contributed by atoms with E-state index in [4.69, 9.17) is 0 Å². The fraction of sp³-hybridized carbons (Fsp3) is 0.588. The first kappa shape index (κ1) is 14.1. The molecule has 2 nitrogen and oxygen atoms in total. The molecule has 1 unspecified atom stereocenters. The summed E-state index contributed by atoms with van der Waals surface area (Å²) in [5.41, 5.74) is 1.92. The number of hydrogen-bond donors (Lipinski definition) is 0. The van der Waals surface area contributed by atoms with Crippen molar-refractivity contribution >= 4 is 10.9 Å². The normalized spacial score (nSPS) is 27.6. The molecule has 1 saturated carbocycles. The van der Waals surface area contributed by atoms with Crippen LogP contribution in [0.25, 0.3) is 10.9 Å². The Bertz CT molecular complexity index is 729. The minimum absolute atomic E-state index is 0.141. The van der Waals surface area contributed by atoms with Gasteiger partial charge in [0.05, 0.1) is 5.39 Å². The van der Waals surface area contributed by atoms with E-state index in [1.807, 2.05) is 18.3 Å². The smallest absolute Gasteiger partial charge is 0.168 e. The Labute approximate surface area is 127 Å². The lowest BCUT2D eigenvalue weighted by Gasteiger charge is -2.13. The molecule has 1 aromatic carbocycles. The highest BCUT2D eigenvalue weighted by Crippen LogP contribution is 2.52. The van der Waals surface area contributed by atoms with Gasteiger partial charge < -0.3 is 0 Å². The SMILES string of the molecule is CC(C)[C@H]1C[C@@H]1c1ccc2c[n+]3n(c2c1)C(C(F)(F)F)CC3. The summed E-state index contributed by atoms with van der Waals surface area (Å²) < 4.78 is 42.9. The molecule has 2 heterocycles. The van der Waals surface area contributed by atoms with Crippen LogP contribution in [0, 0.1) is 11.8 Å². The van der Waals surface area contributed by atoms with Gasteiger partial charge in [0.15, 0.2) is 12.6 Å². The van der Waals surface area contributed by atoms with E-state index in [1.165, 1.54) is 10.2 Å². The van der Waals surface area contributed by atoms with Crippen LogP contribution in [0.2, 0.25) is 0 Å². The van der Waals surface area contributed by atoms with Crippen molar-refractivity contribution in [3.8, 4) is 0 Å². The highest BCUT2D eigenvalue weighted by molar-refractivity contribution is 5.78. The Morgan fingerprint density at radius 1 is 1.27 bits per heavy atom. The van der Waals surface area contributed by atoms with Crippen LogP contribution < -0.4 is 4.68 Å². The molecule has 22 heavy (non-hydrogen) atoms. The van der Waals surface area contributed by atoms with E-state index in [1.54, 1.807) is 4.68 Å². The van der Waals surface area contributed by atoms with Gasteiger partial charge in [0.25, 0.3) is 0 Å². The zero-order valence-corrected chi connectivity index (χ0v) is 12.8. The van der Waals surface area contributed by atoms with Crippen molar-refractivity contribution < 1.29 is 17.9 Å². The third kappa shape index (κ3) is 2.05. The van der Waals surface area contributed by atoms with Gasteiger partial charge in [-0.1, -0.05) is 19.9 Å². The quantitative estimate of drug-likeness (QED) is 0.735. The summed E-state index contributed by atoms with van der Waals surface area (Å²) in [5, 5.41) is 0.902. The lowest BCUT2D eigenvalue weighted by atomic mass is 10.0. The van der Waals surface area contributed by atoms with Gasteiger partial charge >= 0.3 is 6.18 Å². The van der Waals surface area contributed by atoms with Crippen LogP contribution >= 0.6 is 0 Å². The van der Waals surface area contributed by atoms with Gasteiger partial charge in [0, 0.05) is 6.42 Å². The molecular weight excluding hydrogens is 289 g/mol. The maximum Gasteiger partial charge on any atom is 0.414 e. The number of nitrogens with zero attached hydrogens (tertiary/aromatic N) is 2. The van der Waals surface area contributed by atoms with Crippen LogP contribution in [0.15, 0.2) is 24.4 Å². The second-order valence-electron chi connectivity index (χ2n) is 7.05. The molecule has 0 bridgehead atoms. The molecular formula is C17H20F3N2+. The Hall–Kier alpha value is -1.52. The number of alkyl halides is 3. The van der Waals surface area contributed by atoms with E-state index >= 15 is 0 Å². The van der Waals surface area contributed by atoms with Gasteiger partial charge in [-0.15, -0.1) is 9.36 Å². The lowest BCUT2D eigenvalue weighted by molar-refractivity contribution is -0.757. The second-order valence-corrected chi connectivity index (χ2v) is 7.05. The van der Waals surface area contributed by atoms with Crippen LogP contribution in [0.3, 0.4) is 0 Å². The van der Waals surface area contributed by atoms with E-state index in [2.05, 4.69) is 19.9 Å². The van der Waals surface area contributed by atoms with Crippen LogP contribution in [-0.2, 0) is 6.54 Å². The summed E-state index contributed by atoms with van der Waals surface area (Å²) in [6, 6.07) is 4.67. The maximum atomic E-state index is 13.3. The first-order valence-corrected chi connectivity index (χ1v) is 7.97. The van der Waals surface area contributed by atoms with E-state index in [9.17, 15) is 13.2 Å². The molecule has 118 valence electrons. The molecule has 0 amide bonds. The molecule has 1 aromatic heterocycles. The Morgan fingerprint density at radius 3 is 2.68 bits per heavy atom. The molecule has 3 atom stereocenters. The number of halogens is 3. The molecule has 1 fully saturated rings. The predicted molar refractivity (Wildman–Crippen MR) is 77.5 cm³/mol. The van der Waals surface area contributed by atoms with Gasteiger partial charge in [-0.25, -0.2) is 0 Å². The van der Waals surface area contributed by atoms with Crippen molar-refractivity contribution in [2.24, 2.45) is 11.8 Å². The molecule has 2 aliphatic rings. The maximum absolute atomic E-state index is 13.3. The first-order valence-electron chi connectivity index (χ1n) is 7.97. The topological polar surface area (TPSA) is 8.81 Å². The van der Waals surface area contributed by atoms with Crippen LogP contribution in [0.4, 0.5) is 13.2 Å². The van der Waals surface area contributed by atoms with Crippen molar-refractivity contribution in [3.05, 3.63) is 30.0 Å². The van der Waals surface area contributed by atoms with Crippen LogP contribution in [0.1, 0.15) is 44.2 Å². The van der Waals surface area contributed by atoms with E-state index in [0.717, 1.165) is 17.3 Å². The zero-order valence-electron chi connectivity index (χ0n) is 12.8. The number of fused-ring (bicyclic) bond motifs is 3. The van der Waals surface area contributed by atoms with Crippen molar-refractivity contribution in [3.63, 3.8) is 0 Å². The molecule has 4 rings (SSSR count). The minimum Gasteiger partial charge on any atom is -0.168 e. The lowest BCUT2D eigenvalue weighted by Crippen LogP contribution is -2.39. The third-order valence-corrected chi connectivity index (χ3v) is 5.30. The second kappa shape index (κ2) is 4.49. The van der Waals surface area contributed by atoms with Crippen molar-refractivity contribution in [1.29, 1.82) is 0 Å². The monoisotopic (exact) mass is 309 g/mol. The Morgan fingerprint density at radius 2 is 2.05 bits per heavy atom. The van der Waals surface area contributed by atoms with Crippen molar-refractivity contribution in [2.75, 3.05) is 0 Å². The van der Waals surface area contributed by atoms with E-state index in [0.29, 0.717) is 24.3 Å². The largest absolute Gasteiger partial charge is 0.414 e. The summed E-state index contributed by atoms with van der Waals surface area (Å²) in [5.74, 6) is 1.83. The summed E-state index contributed by atoms with van der Waals surface area (Å²) in [7, 11) is 0. The highest BCUT2D eigenvalue weighted by atomic mass is 19.4. The first-order chi connectivity index (χ1) is 10.4. The van der Waals surface area contributed by atoms with Crippen LogP contribution in [0.5, 0.6) is 0 Å². The average molecular weight is 309 g/mol. The summed E-state index contributed by atoms with van der Waals surface area (Å²) >= 11 is 0. The fourth-order valence-electron chi connectivity index (χ4n) is 3.99. The number of benzene rings is 1. The number of rotatable bonds is 2. The van der Waals surface area contributed by atoms with E-state index in [-0.39, 0.29) is 6.42 Å². The van der Waals surface area contributed by atoms with Crippen molar-refractivity contribution in [1.82, 2.24) is 4.68 Å². The highest BCUT2D eigenvalue weighted by Gasteiger charge is 2.49. The molecule has 1 aliphatic heterocycles. The molecule has 0 radical (unpaired) electrons. The van der Waals surface area contributed by atoms with Crippen LogP contribution in [-0.4, -0.2) is 10.9 Å². The van der Waals surface area contributed by atoms with E-state index < -0.39 is 12.2 Å². The third-order valence-electron chi connectivity index (χ3n) is 5.30. The van der Waals surface area contributed by atoms with Gasteiger partial charge in [0.1, 0.15) is 5.52 Å². The standard InChI is InChI=1S/C17H20F3N2/c1-10(2)13-8-14(13)11-3-4-12-9-21-6-5-16(17(18,19)20)22(21)15(12)7-11/h3-4,7,9-10,13-14,16H,5-6,8H2,1-2H3/q+1/t13-,14-,16?/m1/s1. The van der Waals surface area contributed by atoms with Crippen molar-refractivity contribution in [2.45, 2.75) is 51.4 Å². The molecule has 2 aromatic rings. The molecule has 0 N–H and O–H groups in total. The fourth-order valence-corrected chi connectivity index (χ4v) is 3.99. The Balaban J connectivity index is 1.77. The Kier molecular flexibility index (Phi) is 2.88. The molecule has 0 spiro atoms. The molecule has 5 heteroatoms. The number of aryl methyl sites for hydroxylation is 1. The average Bonchev–Trinajstić information content (AvgIpc) is 2.99. The summed E-state index contributed by atoms with van der Waals surface area (Å²) in [6.07, 6.45) is -1.04. The zero-order chi connectivity index (χ0) is 15.6. The minimum atomic E-state index is -4.18. The molecule has 1 aliphatic carbocycles. The molecule has 0 saturated heterocycles. The van der Waals surface area contributed by atoms with Gasteiger partial charge in [0.2, 0.25) is 6.20 Å². The predicted octanol–water partition coefficient (Wildman–Crippen LogP) is 4.20. The summed E-state index contributed by atoms with van der Waals surface area (Å²) in [6.45, 7) is 4.87. The van der Waals surface area contributed by atoms with Gasteiger partial charge in [-0.3, -0.25) is 0 Å². The number of hydrogen-bond acceptors (Lipinski definition) is 0. The number of aromatic nitrogens is 2. The summed E-state index contributed by atoms with van der Waals surface area (Å²) in [4.78, 5) is 0.